The lowest BCUT2D eigenvalue weighted by molar-refractivity contribution is 0.628. The van der Waals surface area contributed by atoms with Crippen molar-refractivity contribution in [2.45, 2.75) is 12.8 Å². The highest BCUT2D eigenvalue weighted by atomic mass is 19.1. The molecule has 0 amide bonds. The molecule has 0 unspecified atom stereocenters. The zero-order valence-corrected chi connectivity index (χ0v) is 10.8. The quantitative estimate of drug-likeness (QED) is 0.822. The van der Waals surface area contributed by atoms with Gasteiger partial charge in [-0.05, 0) is 44.1 Å². The zero-order valence-electron chi connectivity index (χ0n) is 10.8. The second-order valence-corrected chi connectivity index (χ2v) is 4.35. The number of hydrogen-bond acceptors (Lipinski definition) is 2. The number of benzene rings is 1. The Morgan fingerprint density at radius 3 is 2.94 bits per heavy atom. The maximum absolute atomic E-state index is 13.3. The summed E-state index contributed by atoms with van der Waals surface area (Å²) in [5.74, 6) is -0.211. The third-order valence-electron chi connectivity index (χ3n) is 3.04. The fourth-order valence-corrected chi connectivity index (χ4v) is 2.09. The molecular weight excluding hydrogens is 229 g/mol. The van der Waals surface area contributed by atoms with Crippen molar-refractivity contribution in [1.29, 1.82) is 0 Å². The molecule has 0 spiro atoms. The average molecular weight is 247 g/mol. The van der Waals surface area contributed by atoms with Crippen LogP contribution in [0.15, 0.2) is 30.5 Å². The van der Waals surface area contributed by atoms with Gasteiger partial charge in [0.2, 0.25) is 0 Å². The van der Waals surface area contributed by atoms with Crippen LogP contribution < -0.4 is 5.32 Å². The van der Waals surface area contributed by atoms with E-state index in [1.54, 1.807) is 12.1 Å². The SMILES string of the molecule is CNCCCc1c(-c2cccc(F)c2)cnn1C. The van der Waals surface area contributed by atoms with Gasteiger partial charge in [-0.3, -0.25) is 4.68 Å². The Bertz CT molecular complexity index is 520. The molecule has 0 aliphatic heterocycles. The topological polar surface area (TPSA) is 29.9 Å². The third-order valence-corrected chi connectivity index (χ3v) is 3.04. The highest BCUT2D eigenvalue weighted by Crippen LogP contribution is 2.24. The molecule has 1 heterocycles. The van der Waals surface area contributed by atoms with E-state index >= 15 is 0 Å². The summed E-state index contributed by atoms with van der Waals surface area (Å²) in [6.45, 7) is 0.966. The van der Waals surface area contributed by atoms with Crippen molar-refractivity contribution in [3.63, 3.8) is 0 Å². The van der Waals surface area contributed by atoms with Crippen LogP contribution in [0.4, 0.5) is 4.39 Å². The zero-order chi connectivity index (χ0) is 13.0. The third kappa shape index (κ3) is 2.76. The van der Waals surface area contributed by atoms with Crippen LogP contribution in [-0.2, 0) is 13.5 Å². The fourth-order valence-electron chi connectivity index (χ4n) is 2.09. The molecule has 0 radical (unpaired) electrons. The molecule has 3 nitrogen and oxygen atoms in total. The number of nitrogens with one attached hydrogen (secondary N) is 1. The van der Waals surface area contributed by atoms with E-state index in [0.29, 0.717) is 0 Å². The molecule has 1 N–H and O–H groups in total. The first-order valence-electron chi connectivity index (χ1n) is 6.14. The highest BCUT2D eigenvalue weighted by Gasteiger charge is 2.10. The van der Waals surface area contributed by atoms with E-state index in [2.05, 4.69) is 10.4 Å². The van der Waals surface area contributed by atoms with E-state index in [9.17, 15) is 4.39 Å². The number of aromatic nitrogens is 2. The highest BCUT2D eigenvalue weighted by molar-refractivity contribution is 5.65. The summed E-state index contributed by atoms with van der Waals surface area (Å²) in [7, 11) is 3.87. The van der Waals surface area contributed by atoms with Gasteiger partial charge in [0.1, 0.15) is 5.82 Å². The summed E-state index contributed by atoms with van der Waals surface area (Å²) in [5, 5.41) is 7.40. The molecule has 4 heteroatoms. The van der Waals surface area contributed by atoms with Gasteiger partial charge in [0, 0.05) is 18.3 Å². The van der Waals surface area contributed by atoms with Gasteiger partial charge in [-0.15, -0.1) is 0 Å². The summed E-state index contributed by atoms with van der Waals surface area (Å²) in [6.07, 6.45) is 3.78. The van der Waals surface area contributed by atoms with Crippen molar-refractivity contribution in [1.82, 2.24) is 15.1 Å². The van der Waals surface area contributed by atoms with Crippen LogP contribution in [0.3, 0.4) is 0 Å². The Morgan fingerprint density at radius 1 is 1.39 bits per heavy atom. The Morgan fingerprint density at radius 2 is 2.22 bits per heavy atom. The van der Waals surface area contributed by atoms with Crippen molar-refractivity contribution >= 4 is 0 Å². The average Bonchev–Trinajstić information content (AvgIpc) is 2.72. The van der Waals surface area contributed by atoms with Gasteiger partial charge in [0.25, 0.3) is 0 Å². The van der Waals surface area contributed by atoms with Gasteiger partial charge in [-0.25, -0.2) is 4.39 Å². The maximum Gasteiger partial charge on any atom is 0.123 e. The minimum Gasteiger partial charge on any atom is -0.320 e. The Balaban J connectivity index is 2.28. The lowest BCUT2D eigenvalue weighted by Gasteiger charge is -2.06. The molecule has 0 aliphatic carbocycles. The van der Waals surface area contributed by atoms with Crippen LogP contribution in [0.2, 0.25) is 0 Å². The lowest BCUT2D eigenvalue weighted by Crippen LogP contribution is -2.10. The molecule has 0 atom stereocenters. The van der Waals surface area contributed by atoms with Crippen molar-refractivity contribution in [2.75, 3.05) is 13.6 Å². The van der Waals surface area contributed by atoms with E-state index in [4.69, 9.17) is 0 Å². The summed E-state index contributed by atoms with van der Waals surface area (Å²) in [6, 6.07) is 6.66. The molecule has 0 saturated heterocycles. The molecule has 96 valence electrons. The molecule has 0 aliphatic rings. The first-order valence-corrected chi connectivity index (χ1v) is 6.14. The molecule has 2 rings (SSSR count). The number of halogens is 1. The number of aryl methyl sites for hydroxylation is 1. The van der Waals surface area contributed by atoms with Crippen LogP contribution in [0.1, 0.15) is 12.1 Å². The lowest BCUT2D eigenvalue weighted by atomic mass is 10.0. The standard InChI is InChI=1S/C14H18FN3/c1-16-8-4-7-14-13(10-17-18(14)2)11-5-3-6-12(15)9-11/h3,5-6,9-10,16H,4,7-8H2,1-2H3. The first-order chi connectivity index (χ1) is 8.72. The Kier molecular flexibility index (Phi) is 4.10. The number of rotatable bonds is 5. The minimum atomic E-state index is -0.211. The van der Waals surface area contributed by atoms with Gasteiger partial charge >= 0.3 is 0 Å². The molecule has 18 heavy (non-hydrogen) atoms. The van der Waals surface area contributed by atoms with Crippen molar-refractivity contribution in [3.8, 4) is 11.1 Å². The van der Waals surface area contributed by atoms with E-state index < -0.39 is 0 Å². The molecule has 2 aromatic rings. The van der Waals surface area contributed by atoms with Crippen LogP contribution in [-0.4, -0.2) is 23.4 Å². The minimum absolute atomic E-state index is 0.211. The summed E-state index contributed by atoms with van der Waals surface area (Å²) in [5.41, 5.74) is 3.06. The smallest absolute Gasteiger partial charge is 0.123 e. The van der Waals surface area contributed by atoms with Crippen LogP contribution >= 0.6 is 0 Å². The number of hydrogen-bond donors (Lipinski definition) is 1. The van der Waals surface area contributed by atoms with Gasteiger partial charge in [-0.1, -0.05) is 12.1 Å². The number of nitrogens with zero attached hydrogens (tertiary/aromatic N) is 2. The second-order valence-electron chi connectivity index (χ2n) is 4.35. The van der Waals surface area contributed by atoms with Crippen LogP contribution in [0, 0.1) is 5.82 Å². The maximum atomic E-state index is 13.3. The predicted octanol–water partition coefficient (Wildman–Crippen LogP) is 2.38. The van der Waals surface area contributed by atoms with Crippen molar-refractivity contribution < 1.29 is 4.39 Å². The molecule has 1 aromatic heterocycles. The Labute approximate surface area is 107 Å². The van der Waals surface area contributed by atoms with Crippen molar-refractivity contribution in [2.24, 2.45) is 7.05 Å². The molecule has 0 saturated carbocycles. The monoisotopic (exact) mass is 247 g/mol. The van der Waals surface area contributed by atoms with E-state index in [1.807, 2.05) is 31.0 Å². The van der Waals surface area contributed by atoms with Gasteiger partial charge in [0.15, 0.2) is 0 Å². The fraction of sp³-hybridized carbons (Fsp3) is 0.357. The molecular formula is C14H18FN3. The van der Waals surface area contributed by atoms with Crippen LogP contribution in [0.25, 0.3) is 11.1 Å². The van der Waals surface area contributed by atoms with Gasteiger partial charge < -0.3 is 5.32 Å². The summed E-state index contributed by atoms with van der Waals surface area (Å²) >= 11 is 0. The first kappa shape index (κ1) is 12.8. The summed E-state index contributed by atoms with van der Waals surface area (Å²) in [4.78, 5) is 0. The molecule has 0 fully saturated rings. The van der Waals surface area contributed by atoms with E-state index in [-0.39, 0.29) is 5.82 Å². The largest absolute Gasteiger partial charge is 0.320 e. The van der Waals surface area contributed by atoms with Crippen molar-refractivity contribution in [3.05, 3.63) is 42.0 Å². The van der Waals surface area contributed by atoms with Crippen LogP contribution in [0.5, 0.6) is 0 Å². The second kappa shape index (κ2) is 5.78. The van der Waals surface area contributed by atoms with Gasteiger partial charge in [0.05, 0.1) is 6.20 Å². The van der Waals surface area contributed by atoms with E-state index in [1.165, 1.54) is 6.07 Å². The summed E-state index contributed by atoms with van der Waals surface area (Å²) < 4.78 is 15.1. The Hall–Kier alpha value is -1.68. The van der Waals surface area contributed by atoms with E-state index in [0.717, 1.165) is 36.2 Å². The molecule has 1 aromatic carbocycles. The normalized spacial score (nSPS) is 10.8. The van der Waals surface area contributed by atoms with Gasteiger partial charge in [-0.2, -0.15) is 5.10 Å². The predicted molar refractivity (Wildman–Crippen MR) is 70.8 cm³/mol. The molecule has 0 bridgehead atoms.